The fourth-order valence-electron chi connectivity index (χ4n) is 2.60. The van der Waals surface area contributed by atoms with Gasteiger partial charge in [-0.25, -0.2) is 0 Å². The van der Waals surface area contributed by atoms with Gasteiger partial charge in [0.05, 0.1) is 6.61 Å². The van der Waals surface area contributed by atoms with E-state index in [1.807, 2.05) is 66.7 Å². The molecule has 3 rings (SSSR count). The molecule has 0 saturated heterocycles. The highest BCUT2D eigenvalue weighted by molar-refractivity contribution is 6.04. The highest BCUT2D eigenvalue weighted by atomic mass is 16.5. The van der Waals surface area contributed by atoms with Crippen LogP contribution in [0.25, 0.3) is 0 Å². The zero-order chi connectivity index (χ0) is 20.3. The summed E-state index contributed by atoms with van der Waals surface area (Å²) in [5.74, 6) is 2.26. The number of hydrogen-bond acceptors (Lipinski definition) is 4. The van der Waals surface area contributed by atoms with Crippen molar-refractivity contribution in [3.05, 3.63) is 96.7 Å². The van der Waals surface area contributed by atoms with Gasteiger partial charge >= 0.3 is 0 Å². The second-order valence-electron chi connectivity index (χ2n) is 6.51. The van der Waals surface area contributed by atoms with Gasteiger partial charge in [-0.3, -0.25) is 4.79 Å². The number of rotatable bonds is 10. The first kappa shape index (κ1) is 20.2. The molecule has 148 valence electrons. The monoisotopic (exact) mass is 387 g/mol. The Morgan fingerprint density at radius 3 is 2.21 bits per heavy atom. The van der Waals surface area contributed by atoms with Crippen molar-refractivity contribution in [3.8, 4) is 17.2 Å². The number of carbonyl (C=O) groups excluding carboxylic acids is 1. The predicted octanol–water partition coefficient (Wildman–Crippen LogP) is 6.47. The van der Waals surface area contributed by atoms with Crippen LogP contribution in [0, 0.1) is 0 Å². The van der Waals surface area contributed by atoms with Crippen LogP contribution in [0.15, 0.2) is 91.1 Å². The lowest BCUT2D eigenvalue weighted by atomic mass is 10.1. The first-order chi connectivity index (χ1) is 14.2. The fraction of sp³-hybridized carbons (Fsp3) is 0.160. The Kier molecular flexibility index (Phi) is 7.47. The SMILES string of the molecule is CCCCOc1ccc(C(=O)C=CNc2ccc(Oc3ccccc3)cc2)cc1. The van der Waals surface area contributed by atoms with Crippen molar-refractivity contribution >= 4 is 11.5 Å². The van der Waals surface area contributed by atoms with Crippen molar-refractivity contribution in [3.63, 3.8) is 0 Å². The summed E-state index contributed by atoms with van der Waals surface area (Å²) >= 11 is 0. The van der Waals surface area contributed by atoms with Gasteiger partial charge in [0, 0.05) is 23.5 Å². The minimum absolute atomic E-state index is 0.0679. The summed E-state index contributed by atoms with van der Waals surface area (Å²) in [6.45, 7) is 2.82. The number of ether oxygens (including phenoxy) is 2. The van der Waals surface area contributed by atoms with E-state index in [4.69, 9.17) is 9.47 Å². The predicted molar refractivity (Wildman–Crippen MR) is 117 cm³/mol. The van der Waals surface area contributed by atoms with Crippen molar-refractivity contribution in [2.75, 3.05) is 11.9 Å². The molecule has 3 aromatic rings. The Morgan fingerprint density at radius 1 is 0.862 bits per heavy atom. The van der Waals surface area contributed by atoms with Gasteiger partial charge in [0.15, 0.2) is 5.78 Å². The number of anilines is 1. The third-order valence-corrected chi connectivity index (χ3v) is 4.22. The van der Waals surface area contributed by atoms with E-state index in [-0.39, 0.29) is 5.78 Å². The molecule has 0 spiro atoms. The minimum atomic E-state index is -0.0679. The fourth-order valence-corrected chi connectivity index (χ4v) is 2.60. The zero-order valence-electron chi connectivity index (χ0n) is 16.5. The zero-order valence-corrected chi connectivity index (χ0v) is 16.5. The third-order valence-electron chi connectivity index (χ3n) is 4.22. The Morgan fingerprint density at radius 2 is 1.52 bits per heavy atom. The van der Waals surface area contributed by atoms with E-state index in [0.717, 1.165) is 35.8 Å². The molecule has 4 heteroatoms. The highest BCUT2D eigenvalue weighted by Gasteiger charge is 2.02. The van der Waals surface area contributed by atoms with E-state index in [1.165, 1.54) is 6.08 Å². The van der Waals surface area contributed by atoms with Gasteiger partial charge in [0.1, 0.15) is 17.2 Å². The van der Waals surface area contributed by atoms with Crippen LogP contribution in [0.4, 0.5) is 5.69 Å². The molecule has 0 heterocycles. The molecule has 29 heavy (non-hydrogen) atoms. The maximum Gasteiger partial charge on any atom is 0.187 e. The normalized spacial score (nSPS) is 10.7. The summed E-state index contributed by atoms with van der Waals surface area (Å²) in [6.07, 6.45) is 5.27. The van der Waals surface area contributed by atoms with Crippen LogP contribution < -0.4 is 14.8 Å². The van der Waals surface area contributed by atoms with Crippen molar-refractivity contribution < 1.29 is 14.3 Å². The number of hydrogen-bond donors (Lipinski definition) is 1. The van der Waals surface area contributed by atoms with E-state index in [1.54, 1.807) is 18.3 Å². The maximum atomic E-state index is 12.3. The molecule has 0 unspecified atom stereocenters. The van der Waals surface area contributed by atoms with Gasteiger partial charge < -0.3 is 14.8 Å². The maximum absolute atomic E-state index is 12.3. The van der Waals surface area contributed by atoms with Gasteiger partial charge in [0.2, 0.25) is 0 Å². The van der Waals surface area contributed by atoms with Crippen molar-refractivity contribution in [1.29, 1.82) is 0 Å². The largest absolute Gasteiger partial charge is 0.494 e. The minimum Gasteiger partial charge on any atom is -0.494 e. The van der Waals surface area contributed by atoms with Crippen LogP contribution in [-0.2, 0) is 0 Å². The molecule has 4 nitrogen and oxygen atoms in total. The lowest BCUT2D eigenvalue weighted by molar-refractivity contribution is 0.104. The quantitative estimate of drug-likeness (QED) is 0.246. The van der Waals surface area contributed by atoms with Crippen LogP contribution in [0.1, 0.15) is 30.1 Å². The third kappa shape index (κ3) is 6.54. The molecule has 0 radical (unpaired) electrons. The second-order valence-corrected chi connectivity index (χ2v) is 6.51. The number of carbonyl (C=O) groups is 1. The van der Waals surface area contributed by atoms with Gasteiger partial charge in [0.25, 0.3) is 0 Å². The Hall–Kier alpha value is -3.53. The van der Waals surface area contributed by atoms with Crippen LogP contribution in [0.3, 0.4) is 0 Å². The summed E-state index contributed by atoms with van der Waals surface area (Å²) in [4.78, 5) is 12.3. The standard InChI is InChI=1S/C25H25NO3/c1-2-3-19-28-22-13-9-20(10-14-22)25(27)17-18-26-21-11-15-24(16-12-21)29-23-7-5-4-6-8-23/h4-18,26H,2-3,19H2,1H3. The smallest absolute Gasteiger partial charge is 0.187 e. The lowest BCUT2D eigenvalue weighted by Gasteiger charge is -2.07. The molecule has 0 atom stereocenters. The second kappa shape index (κ2) is 10.7. The molecule has 0 aliphatic heterocycles. The van der Waals surface area contributed by atoms with Crippen molar-refractivity contribution in [2.24, 2.45) is 0 Å². The number of unbranched alkanes of at least 4 members (excludes halogenated alkanes) is 1. The molecular formula is C25H25NO3. The van der Waals surface area contributed by atoms with Gasteiger partial charge in [-0.1, -0.05) is 31.5 Å². The molecule has 0 aromatic heterocycles. The number of ketones is 1. The van der Waals surface area contributed by atoms with Crippen LogP contribution >= 0.6 is 0 Å². The number of benzene rings is 3. The van der Waals surface area contributed by atoms with E-state index in [2.05, 4.69) is 12.2 Å². The van der Waals surface area contributed by atoms with Crippen LogP contribution in [0.5, 0.6) is 17.2 Å². The molecule has 0 fully saturated rings. The lowest BCUT2D eigenvalue weighted by Crippen LogP contribution is -1.99. The summed E-state index contributed by atoms with van der Waals surface area (Å²) in [6, 6.07) is 24.4. The highest BCUT2D eigenvalue weighted by Crippen LogP contribution is 2.22. The van der Waals surface area contributed by atoms with Gasteiger partial charge in [-0.2, -0.15) is 0 Å². The number of allylic oxidation sites excluding steroid dienone is 1. The topological polar surface area (TPSA) is 47.6 Å². The first-order valence-electron chi connectivity index (χ1n) is 9.78. The van der Waals surface area contributed by atoms with E-state index >= 15 is 0 Å². The van der Waals surface area contributed by atoms with Gasteiger partial charge in [-0.05, 0) is 67.1 Å². The van der Waals surface area contributed by atoms with E-state index in [9.17, 15) is 4.79 Å². The number of para-hydroxylation sites is 1. The molecule has 0 amide bonds. The Balaban J connectivity index is 1.49. The molecule has 1 N–H and O–H groups in total. The average molecular weight is 387 g/mol. The molecule has 0 bridgehead atoms. The Bertz CT molecular complexity index is 917. The average Bonchev–Trinajstić information content (AvgIpc) is 2.76. The summed E-state index contributed by atoms with van der Waals surface area (Å²) in [7, 11) is 0. The Labute approximate surface area is 171 Å². The molecule has 0 aliphatic carbocycles. The molecule has 0 saturated carbocycles. The summed E-state index contributed by atoms with van der Waals surface area (Å²) in [5, 5.41) is 3.10. The molecule has 0 aliphatic rings. The van der Waals surface area contributed by atoms with E-state index in [0.29, 0.717) is 12.2 Å². The van der Waals surface area contributed by atoms with Crippen LogP contribution in [0.2, 0.25) is 0 Å². The van der Waals surface area contributed by atoms with Crippen LogP contribution in [-0.4, -0.2) is 12.4 Å². The first-order valence-corrected chi connectivity index (χ1v) is 9.78. The van der Waals surface area contributed by atoms with Crippen molar-refractivity contribution in [2.45, 2.75) is 19.8 Å². The van der Waals surface area contributed by atoms with Gasteiger partial charge in [-0.15, -0.1) is 0 Å². The van der Waals surface area contributed by atoms with Crippen molar-refractivity contribution in [1.82, 2.24) is 0 Å². The number of nitrogens with one attached hydrogen (secondary N) is 1. The molecular weight excluding hydrogens is 362 g/mol. The summed E-state index contributed by atoms with van der Waals surface area (Å²) < 4.78 is 11.4. The van der Waals surface area contributed by atoms with E-state index < -0.39 is 0 Å². The molecule has 3 aromatic carbocycles. The summed E-state index contributed by atoms with van der Waals surface area (Å²) in [5.41, 5.74) is 1.49.